The normalized spacial score (nSPS) is 11.1. The highest BCUT2D eigenvalue weighted by Gasteiger charge is 2.16. The van der Waals surface area contributed by atoms with Crippen molar-refractivity contribution < 1.29 is 24.6 Å². The molecule has 29 heavy (non-hydrogen) atoms. The Bertz CT molecular complexity index is 495. The third kappa shape index (κ3) is 20.4. The zero-order valence-electron chi connectivity index (χ0n) is 16.7. The van der Waals surface area contributed by atoms with Crippen LogP contribution in [0.5, 0.6) is 0 Å². The number of nitrogens with one attached hydrogen (secondary N) is 5. The molecule has 9 N–H and O–H groups in total. The summed E-state index contributed by atoms with van der Waals surface area (Å²) in [5, 5.41) is 35.6. The molecule has 1 atom stereocenters. The van der Waals surface area contributed by atoms with Gasteiger partial charge in [0.15, 0.2) is 5.96 Å². The van der Waals surface area contributed by atoms with Gasteiger partial charge < -0.3 is 37.2 Å². The first kappa shape index (κ1) is 29.1. The zero-order valence-corrected chi connectivity index (χ0v) is 17.5. The van der Waals surface area contributed by atoms with E-state index in [0.29, 0.717) is 39.0 Å². The van der Waals surface area contributed by atoms with E-state index in [0.717, 1.165) is 25.7 Å². The number of rotatable bonds is 17. The molecule has 0 aromatic heterocycles. The first-order valence-corrected chi connectivity index (χ1v) is 9.58. The molecule has 0 aliphatic carbocycles. The summed E-state index contributed by atoms with van der Waals surface area (Å²) in [6.07, 6.45) is 3.37. The van der Waals surface area contributed by atoms with Crippen LogP contribution in [0.1, 0.15) is 51.4 Å². The number of nitrogens with two attached hydrogens (primary N) is 1. The molecule has 1 unspecified atom stereocenters. The number of hydrogen-bond donors (Lipinski definition) is 8. The van der Waals surface area contributed by atoms with E-state index in [1.54, 1.807) is 0 Å². The number of aliphatic hydroxyl groups excluding tert-OH is 1. The summed E-state index contributed by atoms with van der Waals surface area (Å²) in [5.41, 5.74) is 5.16. The van der Waals surface area contributed by atoms with Crippen LogP contribution < -0.4 is 27.0 Å². The van der Waals surface area contributed by atoms with E-state index in [1.807, 2.05) is 0 Å². The van der Waals surface area contributed by atoms with Gasteiger partial charge in [0.2, 0.25) is 12.1 Å². The number of carboxylic acids is 1. The van der Waals surface area contributed by atoms with Gasteiger partial charge in [0, 0.05) is 26.1 Å². The van der Waals surface area contributed by atoms with Crippen molar-refractivity contribution in [1.82, 2.24) is 21.3 Å². The minimum absolute atomic E-state index is 0. The summed E-state index contributed by atoms with van der Waals surface area (Å²) in [4.78, 5) is 33.7. The molecule has 0 aliphatic heterocycles. The van der Waals surface area contributed by atoms with Crippen LogP contribution in [0.2, 0.25) is 0 Å². The predicted octanol–water partition coefficient (Wildman–Crippen LogP) is -0.763. The van der Waals surface area contributed by atoms with Gasteiger partial charge in [0.1, 0.15) is 0 Å². The molecule has 0 rings (SSSR count). The SMILES string of the molecule is Cl.N=C(N)NCCCCCCC(=O)NC(O)C(=O)NCCCCNCCC(=O)O. The Labute approximate surface area is 177 Å². The minimum atomic E-state index is -1.57. The first-order chi connectivity index (χ1) is 13.3. The van der Waals surface area contributed by atoms with Crippen molar-refractivity contribution >= 4 is 36.2 Å². The molecule has 0 spiro atoms. The Kier molecular flexibility index (Phi) is 19.3. The monoisotopic (exact) mass is 438 g/mol. The lowest BCUT2D eigenvalue weighted by atomic mass is 10.1. The number of hydrogen-bond acceptors (Lipinski definition) is 6. The maximum absolute atomic E-state index is 11.7. The molecular formula is C17H35ClN6O5. The molecule has 170 valence electrons. The number of carboxylic acid groups (broad SMARTS) is 1. The first-order valence-electron chi connectivity index (χ1n) is 9.58. The second kappa shape index (κ2) is 19.2. The van der Waals surface area contributed by atoms with Crippen LogP contribution in [0.15, 0.2) is 0 Å². The Morgan fingerprint density at radius 1 is 0.862 bits per heavy atom. The molecule has 0 saturated carbocycles. The van der Waals surface area contributed by atoms with E-state index in [1.165, 1.54) is 0 Å². The van der Waals surface area contributed by atoms with E-state index < -0.39 is 18.1 Å². The highest BCUT2D eigenvalue weighted by atomic mass is 35.5. The number of guanidine groups is 1. The molecule has 0 saturated heterocycles. The van der Waals surface area contributed by atoms with Crippen LogP contribution in [0.25, 0.3) is 0 Å². The third-order valence-corrected chi connectivity index (χ3v) is 3.79. The Morgan fingerprint density at radius 3 is 2.10 bits per heavy atom. The number of aliphatic carboxylic acids is 1. The van der Waals surface area contributed by atoms with Crippen LogP contribution in [0.3, 0.4) is 0 Å². The molecule has 0 radical (unpaired) electrons. The van der Waals surface area contributed by atoms with Crippen molar-refractivity contribution in [3.05, 3.63) is 0 Å². The van der Waals surface area contributed by atoms with E-state index in [9.17, 15) is 19.5 Å². The number of aliphatic hydroxyl groups is 1. The number of unbranched alkanes of at least 4 members (excludes halogenated alkanes) is 4. The van der Waals surface area contributed by atoms with Gasteiger partial charge in [-0.3, -0.25) is 19.8 Å². The second-order valence-electron chi connectivity index (χ2n) is 6.37. The van der Waals surface area contributed by atoms with Gasteiger partial charge in [0.25, 0.3) is 5.91 Å². The summed E-state index contributed by atoms with van der Waals surface area (Å²) in [6, 6.07) is 0. The number of carbonyl (C=O) groups is 3. The van der Waals surface area contributed by atoms with Crippen LogP contribution in [0.4, 0.5) is 0 Å². The van der Waals surface area contributed by atoms with Gasteiger partial charge >= 0.3 is 5.97 Å². The summed E-state index contributed by atoms with van der Waals surface area (Å²) in [6.45, 7) is 2.04. The van der Waals surface area contributed by atoms with Crippen LogP contribution in [0, 0.1) is 5.41 Å². The van der Waals surface area contributed by atoms with Gasteiger partial charge in [-0.25, -0.2) is 0 Å². The fraction of sp³-hybridized carbons (Fsp3) is 0.765. The van der Waals surface area contributed by atoms with Crippen molar-refractivity contribution in [3.8, 4) is 0 Å². The molecule has 0 aromatic carbocycles. The molecular weight excluding hydrogens is 404 g/mol. The quantitative estimate of drug-likeness (QED) is 0.0628. The van der Waals surface area contributed by atoms with Crippen molar-refractivity contribution in [2.24, 2.45) is 5.73 Å². The standard InChI is InChI=1S/C17H34N6O5.ClH/c18-17(19)22-11-4-2-1-3-7-13(24)23-16(28)15(27)21-10-6-5-9-20-12-8-14(25)26;/h16,20,28H,1-12H2,(H,21,27)(H,23,24)(H,25,26)(H4,18,19,22);1H. The van der Waals surface area contributed by atoms with Crippen molar-refractivity contribution in [2.45, 2.75) is 57.6 Å². The highest BCUT2D eigenvalue weighted by Crippen LogP contribution is 2.02. The summed E-state index contributed by atoms with van der Waals surface area (Å²) >= 11 is 0. The lowest BCUT2D eigenvalue weighted by molar-refractivity contribution is -0.137. The van der Waals surface area contributed by atoms with E-state index in [2.05, 4.69) is 21.3 Å². The summed E-state index contributed by atoms with van der Waals surface area (Å²) < 4.78 is 0. The minimum Gasteiger partial charge on any atom is -0.481 e. The topological polar surface area (TPSA) is 190 Å². The highest BCUT2D eigenvalue weighted by molar-refractivity contribution is 5.86. The fourth-order valence-electron chi connectivity index (χ4n) is 2.28. The molecule has 0 heterocycles. The van der Waals surface area contributed by atoms with Gasteiger partial charge in [-0.1, -0.05) is 12.8 Å². The van der Waals surface area contributed by atoms with Crippen LogP contribution in [-0.2, 0) is 14.4 Å². The van der Waals surface area contributed by atoms with E-state index in [-0.39, 0.29) is 37.1 Å². The van der Waals surface area contributed by atoms with E-state index in [4.69, 9.17) is 16.2 Å². The van der Waals surface area contributed by atoms with Gasteiger partial charge in [-0.2, -0.15) is 0 Å². The summed E-state index contributed by atoms with van der Waals surface area (Å²) in [7, 11) is 0. The Balaban J connectivity index is 0. The molecule has 2 amide bonds. The Hall–Kier alpha value is -2.11. The van der Waals surface area contributed by atoms with Gasteiger partial charge in [-0.15, -0.1) is 12.4 Å². The lowest BCUT2D eigenvalue weighted by Crippen LogP contribution is -2.46. The largest absolute Gasteiger partial charge is 0.481 e. The molecule has 0 aromatic rings. The second-order valence-corrected chi connectivity index (χ2v) is 6.37. The number of halogens is 1. The van der Waals surface area contributed by atoms with Gasteiger partial charge in [-0.05, 0) is 32.2 Å². The van der Waals surface area contributed by atoms with Crippen molar-refractivity contribution in [1.29, 1.82) is 5.41 Å². The molecule has 0 aliphatic rings. The molecule has 12 heteroatoms. The lowest BCUT2D eigenvalue weighted by Gasteiger charge is -2.13. The smallest absolute Gasteiger partial charge is 0.304 e. The molecule has 0 fully saturated rings. The predicted molar refractivity (Wildman–Crippen MR) is 112 cm³/mol. The maximum Gasteiger partial charge on any atom is 0.304 e. The van der Waals surface area contributed by atoms with Crippen molar-refractivity contribution in [2.75, 3.05) is 26.2 Å². The fourth-order valence-corrected chi connectivity index (χ4v) is 2.28. The average Bonchev–Trinajstić information content (AvgIpc) is 2.62. The van der Waals surface area contributed by atoms with E-state index >= 15 is 0 Å². The average molecular weight is 439 g/mol. The number of amides is 2. The molecule has 11 nitrogen and oxygen atoms in total. The zero-order chi connectivity index (χ0) is 21.2. The molecule has 0 bridgehead atoms. The van der Waals surface area contributed by atoms with Crippen molar-refractivity contribution in [3.63, 3.8) is 0 Å². The Morgan fingerprint density at radius 2 is 1.45 bits per heavy atom. The third-order valence-electron chi connectivity index (χ3n) is 3.79. The number of carbonyl (C=O) groups excluding carboxylic acids is 2. The summed E-state index contributed by atoms with van der Waals surface area (Å²) in [5.74, 6) is -1.94. The van der Waals surface area contributed by atoms with Gasteiger partial charge in [0.05, 0.1) is 6.42 Å². The van der Waals surface area contributed by atoms with Crippen LogP contribution >= 0.6 is 12.4 Å². The maximum atomic E-state index is 11.7. The van der Waals surface area contributed by atoms with Crippen LogP contribution in [-0.4, -0.2) is 66.4 Å².